The van der Waals surface area contributed by atoms with E-state index in [1.807, 2.05) is 35.9 Å². The second-order valence-electron chi connectivity index (χ2n) is 5.25. The van der Waals surface area contributed by atoms with Crippen LogP contribution in [0.1, 0.15) is 29.8 Å². The Morgan fingerprint density at radius 1 is 1.42 bits per heavy atom. The van der Waals surface area contributed by atoms with E-state index in [9.17, 15) is 4.79 Å². The molecule has 0 aliphatic heterocycles. The molecule has 1 aromatic carbocycles. The molecule has 1 aromatic heterocycles. The average Bonchev–Trinajstić information content (AvgIpc) is 2.61. The van der Waals surface area contributed by atoms with Gasteiger partial charge in [0, 0.05) is 24.5 Å². The van der Waals surface area contributed by atoms with Crippen molar-refractivity contribution in [3.05, 3.63) is 34.4 Å². The molecule has 1 saturated carbocycles. The van der Waals surface area contributed by atoms with Gasteiger partial charge in [0.15, 0.2) is 0 Å². The quantitative estimate of drug-likeness (QED) is 0.923. The van der Waals surface area contributed by atoms with Gasteiger partial charge in [-0.3, -0.25) is 4.79 Å². The molecule has 1 aliphatic rings. The Morgan fingerprint density at radius 3 is 2.79 bits per heavy atom. The van der Waals surface area contributed by atoms with Crippen molar-refractivity contribution in [2.45, 2.75) is 19.3 Å². The van der Waals surface area contributed by atoms with Crippen molar-refractivity contribution in [2.24, 2.45) is 13.0 Å². The van der Waals surface area contributed by atoms with Crippen molar-refractivity contribution in [1.29, 1.82) is 0 Å². The van der Waals surface area contributed by atoms with E-state index in [0.717, 1.165) is 21.9 Å². The normalized spacial score (nSPS) is 15.5. The third-order valence-corrected chi connectivity index (χ3v) is 4.84. The maximum absolute atomic E-state index is 12.3. The SMILES string of the molecule is Cn1c(C(=O)NCC2CCC2)c(Br)c2ccccc21. The highest BCUT2D eigenvalue weighted by atomic mass is 79.9. The van der Waals surface area contributed by atoms with E-state index < -0.39 is 0 Å². The minimum absolute atomic E-state index is 0.0116. The highest BCUT2D eigenvalue weighted by Gasteiger charge is 2.22. The molecule has 3 rings (SSSR count). The maximum Gasteiger partial charge on any atom is 0.269 e. The van der Waals surface area contributed by atoms with Gasteiger partial charge in [-0.2, -0.15) is 0 Å². The van der Waals surface area contributed by atoms with Crippen LogP contribution in [0.15, 0.2) is 28.7 Å². The van der Waals surface area contributed by atoms with E-state index in [1.165, 1.54) is 19.3 Å². The van der Waals surface area contributed by atoms with Crippen LogP contribution in [0.3, 0.4) is 0 Å². The lowest BCUT2D eigenvalue weighted by Crippen LogP contribution is -2.33. The fourth-order valence-corrected chi connectivity index (χ4v) is 3.40. The molecule has 0 unspecified atom stereocenters. The van der Waals surface area contributed by atoms with Gasteiger partial charge in [-0.1, -0.05) is 24.6 Å². The Morgan fingerprint density at radius 2 is 2.16 bits per heavy atom. The molecule has 1 amide bonds. The molecule has 3 nitrogen and oxygen atoms in total. The fourth-order valence-electron chi connectivity index (χ4n) is 2.62. The first-order valence-corrected chi connectivity index (χ1v) is 7.49. The number of benzene rings is 1. The maximum atomic E-state index is 12.3. The number of fused-ring (bicyclic) bond motifs is 1. The van der Waals surface area contributed by atoms with Crippen LogP contribution in [0, 0.1) is 5.92 Å². The molecule has 0 radical (unpaired) electrons. The van der Waals surface area contributed by atoms with Gasteiger partial charge in [0.1, 0.15) is 5.69 Å². The van der Waals surface area contributed by atoms with Gasteiger partial charge in [-0.25, -0.2) is 0 Å². The number of hydrogen-bond acceptors (Lipinski definition) is 1. The fraction of sp³-hybridized carbons (Fsp3) is 0.400. The van der Waals surface area contributed by atoms with Gasteiger partial charge in [0.2, 0.25) is 0 Å². The summed E-state index contributed by atoms with van der Waals surface area (Å²) in [6.45, 7) is 0.798. The van der Waals surface area contributed by atoms with Gasteiger partial charge in [0.25, 0.3) is 5.91 Å². The first kappa shape index (κ1) is 12.7. The number of halogens is 1. The lowest BCUT2D eigenvalue weighted by Gasteiger charge is -2.25. The molecule has 100 valence electrons. The lowest BCUT2D eigenvalue weighted by molar-refractivity contribution is 0.0930. The first-order valence-electron chi connectivity index (χ1n) is 6.69. The minimum Gasteiger partial charge on any atom is -0.350 e. The number of amides is 1. The summed E-state index contributed by atoms with van der Waals surface area (Å²) in [6, 6.07) is 8.04. The van der Waals surface area contributed by atoms with Crippen LogP contribution in [0.5, 0.6) is 0 Å². The average molecular weight is 321 g/mol. The summed E-state index contributed by atoms with van der Waals surface area (Å²) in [5.74, 6) is 0.690. The Bertz CT molecular complexity index is 589. The number of nitrogens with zero attached hydrogens (tertiary/aromatic N) is 1. The van der Waals surface area contributed by atoms with E-state index >= 15 is 0 Å². The Labute approximate surface area is 121 Å². The van der Waals surface area contributed by atoms with E-state index in [-0.39, 0.29) is 5.91 Å². The van der Waals surface area contributed by atoms with Crippen molar-refractivity contribution >= 4 is 32.7 Å². The lowest BCUT2D eigenvalue weighted by atomic mass is 9.85. The van der Waals surface area contributed by atoms with Gasteiger partial charge in [-0.15, -0.1) is 0 Å². The van der Waals surface area contributed by atoms with Crippen LogP contribution < -0.4 is 5.32 Å². The number of carbonyl (C=O) groups is 1. The van der Waals surface area contributed by atoms with Crippen LogP contribution in [0.2, 0.25) is 0 Å². The van der Waals surface area contributed by atoms with Crippen LogP contribution in [0.4, 0.5) is 0 Å². The van der Waals surface area contributed by atoms with Crippen LogP contribution in [-0.2, 0) is 7.05 Å². The second kappa shape index (κ2) is 5.00. The highest BCUT2D eigenvalue weighted by Crippen LogP contribution is 2.30. The standard InChI is InChI=1S/C15H17BrN2O/c1-18-12-8-3-2-7-11(12)13(16)14(18)15(19)17-9-10-5-4-6-10/h2-3,7-8,10H,4-6,9H2,1H3,(H,17,19). The largest absolute Gasteiger partial charge is 0.350 e. The molecule has 1 heterocycles. The van der Waals surface area contributed by atoms with Crippen molar-refractivity contribution in [3.63, 3.8) is 0 Å². The van der Waals surface area contributed by atoms with Crippen LogP contribution >= 0.6 is 15.9 Å². The molecule has 1 N–H and O–H groups in total. The Balaban J connectivity index is 1.88. The summed E-state index contributed by atoms with van der Waals surface area (Å²) in [7, 11) is 1.94. The number of para-hydroxylation sites is 1. The number of rotatable bonds is 3. The number of carbonyl (C=O) groups excluding carboxylic acids is 1. The summed E-state index contributed by atoms with van der Waals surface area (Å²) in [5.41, 5.74) is 1.78. The van der Waals surface area contributed by atoms with Crippen molar-refractivity contribution in [3.8, 4) is 0 Å². The molecule has 0 spiro atoms. The molecule has 19 heavy (non-hydrogen) atoms. The highest BCUT2D eigenvalue weighted by molar-refractivity contribution is 9.10. The smallest absolute Gasteiger partial charge is 0.269 e. The van der Waals surface area contributed by atoms with Gasteiger partial charge in [0.05, 0.1) is 4.47 Å². The molecule has 0 saturated heterocycles. The molecule has 1 fully saturated rings. The predicted molar refractivity (Wildman–Crippen MR) is 80.3 cm³/mol. The molecular weight excluding hydrogens is 304 g/mol. The topological polar surface area (TPSA) is 34.0 Å². The van der Waals surface area contributed by atoms with E-state index in [1.54, 1.807) is 0 Å². The number of hydrogen-bond donors (Lipinski definition) is 1. The van der Waals surface area contributed by atoms with Crippen molar-refractivity contribution in [2.75, 3.05) is 6.54 Å². The van der Waals surface area contributed by atoms with Gasteiger partial charge in [-0.05, 0) is 40.8 Å². The number of nitrogens with one attached hydrogen (secondary N) is 1. The molecule has 0 bridgehead atoms. The zero-order valence-electron chi connectivity index (χ0n) is 10.9. The van der Waals surface area contributed by atoms with Crippen molar-refractivity contribution in [1.82, 2.24) is 9.88 Å². The number of aryl methyl sites for hydroxylation is 1. The molecular formula is C15H17BrN2O. The zero-order chi connectivity index (χ0) is 13.4. The summed E-state index contributed by atoms with van der Waals surface area (Å²) >= 11 is 3.56. The van der Waals surface area contributed by atoms with E-state index in [0.29, 0.717) is 11.6 Å². The van der Waals surface area contributed by atoms with E-state index in [2.05, 4.69) is 21.2 Å². The third kappa shape index (κ3) is 2.18. The molecule has 1 aliphatic carbocycles. The molecule has 4 heteroatoms. The van der Waals surface area contributed by atoms with Crippen molar-refractivity contribution < 1.29 is 4.79 Å². The predicted octanol–water partition coefficient (Wildman–Crippen LogP) is 3.47. The van der Waals surface area contributed by atoms with Gasteiger partial charge >= 0.3 is 0 Å². The van der Waals surface area contributed by atoms with Crippen LogP contribution in [-0.4, -0.2) is 17.0 Å². The summed E-state index contributed by atoms with van der Waals surface area (Å²) in [5, 5.41) is 4.14. The van der Waals surface area contributed by atoms with Gasteiger partial charge < -0.3 is 9.88 Å². The van der Waals surface area contributed by atoms with Crippen LogP contribution in [0.25, 0.3) is 10.9 Å². The number of aromatic nitrogens is 1. The first-order chi connectivity index (χ1) is 9.18. The zero-order valence-corrected chi connectivity index (χ0v) is 12.5. The summed E-state index contributed by atoms with van der Waals surface area (Å²) < 4.78 is 2.84. The molecule has 2 aromatic rings. The van der Waals surface area contributed by atoms with E-state index in [4.69, 9.17) is 0 Å². The molecule has 0 atom stereocenters. The Hall–Kier alpha value is -1.29. The summed E-state index contributed by atoms with van der Waals surface area (Å²) in [6.07, 6.45) is 3.80. The third-order valence-electron chi connectivity index (χ3n) is 4.04. The summed E-state index contributed by atoms with van der Waals surface area (Å²) in [4.78, 5) is 12.3. The Kier molecular flexibility index (Phi) is 3.35. The minimum atomic E-state index is 0.0116. The second-order valence-corrected chi connectivity index (χ2v) is 6.04. The monoisotopic (exact) mass is 320 g/mol.